The van der Waals surface area contributed by atoms with E-state index in [1.165, 1.54) is 0 Å². The van der Waals surface area contributed by atoms with E-state index in [2.05, 4.69) is 31.0 Å². The van der Waals surface area contributed by atoms with Crippen LogP contribution in [0.1, 0.15) is 29.5 Å². The third kappa shape index (κ3) is 4.21. The van der Waals surface area contributed by atoms with Gasteiger partial charge in [0, 0.05) is 0 Å². The number of nitrogens with two attached hydrogens (primary N) is 1. The second kappa shape index (κ2) is 7.44. The number of rotatable bonds is 7. The minimum Gasteiger partial charge on any atom is -0.421 e. The molecule has 0 aromatic carbocycles. The molecule has 2 amide bonds. The van der Waals surface area contributed by atoms with E-state index in [0.717, 1.165) is 0 Å². The van der Waals surface area contributed by atoms with E-state index in [1.807, 2.05) is 0 Å². The maximum Gasteiger partial charge on any atom is 0.315 e. The fraction of sp³-hybridized carbons (Fsp3) is 0.500. The van der Waals surface area contributed by atoms with E-state index >= 15 is 0 Å². The summed E-state index contributed by atoms with van der Waals surface area (Å²) in [4.78, 5) is 15.5. The maximum atomic E-state index is 11.5. The Morgan fingerprint density at radius 1 is 1.18 bits per heavy atom. The molecule has 0 saturated heterocycles. The monoisotopic (exact) mass is 313 g/mol. The lowest BCUT2D eigenvalue weighted by molar-refractivity contribution is 0.231. The van der Waals surface area contributed by atoms with Crippen LogP contribution < -0.4 is 16.4 Å². The maximum absolute atomic E-state index is 11.5. The van der Waals surface area contributed by atoms with Crippen molar-refractivity contribution in [2.75, 3.05) is 6.61 Å². The molecule has 0 spiro atoms. The molecule has 0 bridgehead atoms. The molecule has 0 aliphatic carbocycles. The normalized spacial score (nSPS) is 12.1. The number of hydrogen-bond donors (Lipinski definition) is 5. The van der Waals surface area contributed by atoms with Crippen LogP contribution in [0.2, 0.25) is 0 Å². The third-order valence-corrected chi connectivity index (χ3v) is 2.46. The molecule has 2 heterocycles. The van der Waals surface area contributed by atoms with Crippen LogP contribution in [0.15, 0.2) is 8.94 Å². The second-order valence-electron chi connectivity index (χ2n) is 4.12. The highest BCUT2D eigenvalue weighted by molar-refractivity contribution is 5.73. The van der Waals surface area contributed by atoms with Crippen molar-refractivity contribution >= 4 is 6.03 Å². The van der Waals surface area contributed by atoms with Gasteiger partial charge in [-0.1, -0.05) is 5.16 Å². The Hall–Kier alpha value is -2.57. The molecule has 0 aliphatic rings. The average Bonchev–Trinajstić information content (AvgIpc) is 3.19. The van der Waals surface area contributed by atoms with Crippen LogP contribution in [0.3, 0.4) is 0 Å². The van der Waals surface area contributed by atoms with E-state index in [0.29, 0.717) is 0 Å². The van der Waals surface area contributed by atoms with Crippen molar-refractivity contribution < 1.29 is 23.9 Å². The molecular formula is C10H15N7O5. The lowest BCUT2D eigenvalue weighted by atomic mass is 10.3. The molecule has 6 N–H and O–H groups in total. The number of aromatic nitrogens is 4. The number of nitrogens with one attached hydrogen (secondary N) is 2. The van der Waals surface area contributed by atoms with Crippen LogP contribution in [0.4, 0.5) is 4.79 Å². The minimum atomic E-state index is -0.732. The summed E-state index contributed by atoms with van der Waals surface area (Å²) in [6.07, 6.45) is 0. The summed E-state index contributed by atoms with van der Waals surface area (Å²) >= 11 is 0. The Kier molecular flexibility index (Phi) is 5.35. The Morgan fingerprint density at radius 3 is 2.50 bits per heavy atom. The predicted octanol–water partition coefficient (Wildman–Crippen LogP) is -2.06. The minimum absolute atomic E-state index is 0.00328. The second-order valence-corrected chi connectivity index (χ2v) is 4.12. The first-order valence-electron chi connectivity index (χ1n) is 6.25. The van der Waals surface area contributed by atoms with Gasteiger partial charge in [-0.3, -0.25) is 0 Å². The molecule has 1 atom stereocenters. The van der Waals surface area contributed by atoms with Crippen LogP contribution >= 0.6 is 0 Å². The number of carbonyl (C=O) groups is 1. The van der Waals surface area contributed by atoms with Crippen LogP contribution in [0.25, 0.3) is 0 Å². The van der Waals surface area contributed by atoms with Gasteiger partial charge < -0.3 is 35.5 Å². The van der Waals surface area contributed by atoms with E-state index in [4.69, 9.17) is 24.9 Å². The highest BCUT2D eigenvalue weighted by Gasteiger charge is 2.14. The molecule has 2 aromatic rings. The molecule has 0 radical (unpaired) electrons. The highest BCUT2D eigenvalue weighted by Crippen LogP contribution is 2.05. The first kappa shape index (κ1) is 15.8. The van der Waals surface area contributed by atoms with Gasteiger partial charge in [0.05, 0.1) is 25.7 Å². The number of hydrogen-bond acceptors (Lipinski definition) is 10. The van der Waals surface area contributed by atoms with Crippen molar-refractivity contribution in [3.63, 3.8) is 0 Å². The summed E-state index contributed by atoms with van der Waals surface area (Å²) in [6, 6.07) is -1.25. The highest BCUT2D eigenvalue weighted by atomic mass is 16.5. The Bertz CT molecular complexity index is 612. The molecule has 120 valence electrons. The molecule has 1 unspecified atom stereocenters. The number of aliphatic hydroxyl groups excluding tert-OH is 2. The standard InChI is InChI=1S/C10H15N7O5/c11-5(3-18)9-14-6(22-17-9)1-12-10(20)13-2-7-15-16-8(4-19)21-7/h5,18-19H,1-4,11H2,(H2,12,13,20). The quantitative estimate of drug-likeness (QED) is 0.380. The van der Waals surface area contributed by atoms with E-state index < -0.39 is 12.1 Å². The van der Waals surface area contributed by atoms with Gasteiger partial charge in [0.15, 0.2) is 5.82 Å². The van der Waals surface area contributed by atoms with Gasteiger partial charge in [-0.25, -0.2) is 4.79 Å². The first-order valence-corrected chi connectivity index (χ1v) is 6.25. The van der Waals surface area contributed by atoms with Gasteiger partial charge in [-0.15, -0.1) is 10.2 Å². The van der Waals surface area contributed by atoms with Crippen molar-refractivity contribution in [3.8, 4) is 0 Å². The van der Waals surface area contributed by atoms with Crippen LogP contribution in [-0.4, -0.2) is 43.2 Å². The summed E-state index contributed by atoms with van der Waals surface area (Å²) in [5, 5.41) is 33.3. The molecule has 2 rings (SSSR count). The van der Waals surface area contributed by atoms with Crippen molar-refractivity contribution in [2.45, 2.75) is 25.7 Å². The lowest BCUT2D eigenvalue weighted by Crippen LogP contribution is -2.34. The topological polar surface area (TPSA) is 185 Å². The van der Waals surface area contributed by atoms with Gasteiger partial charge in [0.2, 0.25) is 17.7 Å². The summed E-state index contributed by atoms with van der Waals surface area (Å²) in [6.45, 7) is -0.687. The number of carbonyl (C=O) groups excluding carboxylic acids is 1. The fourth-order valence-electron chi connectivity index (χ4n) is 1.37. The molecule has 0 aliphatic heterocycles. The summed E-state index contributed by atoms with van der Waals surface area (Å²) in [5.74, 6) is 0.528. The predicted molar refractivity (Wildman–Crippen MR) is 67.6 cm³/mol. The van der Waals surface area contributed by atoms with Crippen molar-refractivity contribution in [2.24, 2.45) is 5.73 Å². The van der Waals surface area contributed by atoms with E-state index in [-0.39, 0.29) is 49.8 Å². The molecule has 12 heteroatoms. The van der Waals surface area contributed by atoms with Crippen LogP contribution in [-0.2, 0) is 19.7 Å². The summed E-state index contributed by atoms with van der Waals surface area (Å²) < 4.78 is 9.85. The molecular weight excluding hydrogens is 298 g/mol. The molecule has 0 fully saturated rings. The van der Waals surface area contributed by atoms with Crippen molar-refractivity contribution in [1.82, 2.24) is 31.0 Å². The molecule has 0 saturated carbocycles. The Morgan fingerprint density at radius 2 is 1.86 bits per heavy atom. The van der Waals surface area contributed by atoms with Crippen LogP contribution in [0.5, 0.6) is 0 Å². The van der Waals surface area contributed by atoms with Gasteiger partial charge >= 0.3 is 6.03 Å². The third-order valence-electron chi connectivity index (χ3n) is 2.46. The smallest absolute Gasteiger partial charge is 0.315 e. The number of aliphatic hydroxyl groups is 2. The van der Waals surface area contributed by atoms with Gasteiger partial charge in [-0.2, -0.15) is 4.98 Å². The molecule has 12 nitrogen and oxygen atoms in total. The largest absolute Gasteiger partial charge is 0.421 e. The Balaban J connectivity index is 1.74. The zero-order valence-corrected chi connectivity index (χ0v) is 11.4. The van der Waals surface area contributed by atoms with Gasteiger partial charge in [-0.05, 0) is 0 Å². The van der Waals surface area contributed by atoms with Crippen molar-refractivity contribution in [3.05, 3.63) is 23.5 Å². The van der Waals surface area contributed by atoms with Crippen LogP contribution in [0, 0.1) is 0 Å². The van der Waals surface area contributed by atoms with Gasteiger partial charge in [0.1, 0.15) is 6.61 Å². The zero-order chi connectivity index (χ0) is 15.9. The summed E-state index contributed by atoms with van der Waals surface area (Å²) in [7, 11) is 0. The Labute approximate surface area is 123 Å². The summed E-state index contributed by atoms with van der Waals surface area (Å²) in [5.41, 5.74) is 5.51. The molecule has 22 heavy (non-hydrogen) atoms. The number of nitrogens with zero attached hydrogens (tertiary/aromatic N) is 4. The lowest BCUT2D eigenvalue weighted by Gasteiger charge is -2.03. The SMILES string of the molecule is NC(CO)c1noc(CNC(=O)NCc2nnc(CO)o2)n1. The number of urea groups is 1. The zero-order valence-electron chi connectivity index (χ0n) is 11.4. The van der Waals surface area contributed by atoms with Gasteiger partial charge in [0.25, 0.3) is 0 Å². The fourth-order valence-corrected chi connectivity index (χ4v) is 1.37. The van der Waals surface area contributed by atoms with E-state index in [9.17, 15) is 4.79 Å². The number of amides is 2. The average molecular weight is 313 g/mol. The van der Waals surface area contributed by atoms with E-state index in [1.54, 1.807) is 0 Å². The molecule has 2 aromatic heterocycles. The first-order chi connectivity index (χ1) is 10.6. The van der Waals surface area contributed by atoms with Crippen molar-refractivity contribution in [1.29, 1.82) is 0 Å².